The van der Waals surface area contributed by atoms with E-state index in [1.54, 1.807) is 16.8 Å². The first kappa shape index (κ1) is 11.6. The van der Waals surface area contributed by atoms with Crippen LogP contribution in [0.1, 0.15) is 11.4 Å². The zero-order valence-corrected chi connectivity index (χ0v) is 11.4. The van der Waals surface area contributed by atoms with E-state index in [1.807, 2.05) is 26.0 Å². The molecule has 0 aliphatic heterocycles. The number of benzene rings is 1. The minimum absolute atomic E-state index is 0.592. The summed E-state index contributed by atoms with van der Waals surface area (Å²) in [6, 6.07) is 5.41. The van der Waals surface area contributed by atoms with Gasteiger partial charge in [0.25, 0.3) is 0 Å². The molecule has 2 aromatic heterocycles. The van der Waals surface area contributed by atoms with E-state index in [9.17, 15) is 0 Å². The molecule has 0 N–H and O–H groups in total. The van der Waals surface area contributed by atoms with Gasteiger partial charge < -0.3 is 4.42 Å². The number of fused-ring (bicyclic) bond motifs is 1. The molecule has 3 aromatic rings. The summed E-state index contributed by atoms with van der Waals surface area (Å²) >= 11 is 12.1. The van der Waals surface area contributed by atoms with Crippen LogP contribution in [0.25, 0.3) is 16.8 Å². The van der Waals surface area contributed by atoms with Gasteiger partial charge in [0.1, 0.15) is 6.26 Å². The van der Waals surface area contributed by atoms with Crippen molar-refractivity contribution in [2.75, 3.05) is 0 Å². The minimum atomic E-state index is 0.592. The van der Waals surface area contributed by atoms with Crippen LogP contribution in [-0.2, 0) is 0 Å². The second-order valence-electron chi connectivity index (χ2n) is 4.18. The van der Waals surface area contributed by atoms with Crippen molar-refractivity contribution in [1.82, 2.24) is 9.61 Å². The van der Waals surface area contributed by atoms with Gasteiger partial charge in [-0.25, -0.2) is 4.52 Å². The van der Waals surface area contributed by atoms with Crippen LogP contribution < -0.4 is 0 Å². The van der Waals surface area contributed by atoms with Crippen LogP contribution in [-0.4, -0.2) is 9.61 Å². The van der Waals surface area contributed by atoms with Gasteiger partial charge in [0.15, 0.2) is 0 Å². The Balaban J connectivity index is 2.34. The molecule has 18 heavy (non-hydrogen) atoms. The van der Waals surface area contributed by atoms with Gasteiger partial charge >= 0.3 is 0 Å². The summed E-state index contributed by atoms with van der Waals surface area (Å²) in [6.45, 7) is 3.87. The van der Waals surface area contributed by atoms with Gasteiger partial charge in [0, 0.05) is 10.6 Å². The fourth-order valence-electron chi connectivity index (χ4n) is 2.05. The Morgan fingerprint density at radius 3 is 2.72 bits per heavy atom. The molecule has 2 heterocycles. The highest BCUT2D eigenvalue weighted by molar-refractivity contribution is 6.36. The summed E-state index contributed by atoms with van der Waals surface area (Å²) in [5, 5.41) is 5.65. The molecule has 1 aromatic carbocycles. The number of hydrogen-bond acceptors (Lipinski definition) is 2. The molecule has 3 nitrogen and oxygen atoms in total. The quantitative estimate of drug-likeness (QED) is 0.656. The predicted molar refractivity (Wildman–Crippen MR) is 72.4 cm³/mol. The first-order chi connectivity index (χ1) is 8.58. The van der Waals surface area contributed by atoms with Crippen LogP contribution in [0.3, 0.4) is 0 Å². The van der Waals surface area contributed by atoms with Crippen LogP contribution in [0.5, 0.6) is 0 Å². The summed E-state index contributed by atoms with van der Waals surface area (Å²) < 4.78 is 7.32. The highest BCUT2D eigenvalue weighted by Crippen LogP contribution is 2.35. The summed E-state index contributed by atoms with van der Waals surface area (Å²) in [7, 11) is 0. The van der Waals surface area contributed by atoms with Crippen molar-refractivity contribution in [2.24, 2.45) is 0 Å². The lowest BCUT2D eigenvalue weighted by Gasteiger charge is -2.02. The summed E-state index contributed by atoms with van der Waals surface area (Å²) in [6.07, 6.45) is 1.68. The largest absolute Gasteiger partial charge is 0.444 e. The number of halogens is 2. The van der Waals surface area contributed by atoms with Crippen molar-refractivity contribution in [3.05, 3.63) is 45.9 Å². The number of hydrogen-bond donors (Lipinski definition) is 0. The maximum absolute atomic E-state index is 6.24. The highest BCUT2D eigenvalue weighted by atomic mass is 35.5. The minimum Gasteiger partial charge on any atom is -0.444 e. The Labute approximate surface area is 114 Å². The molecule has 0 atom stereocenters. The smallest absolute Gasteiger partial charge is 0.229 e. The molecular weight excluding hydrogens is 271 g/mol. The molecule has 0 aliphatic carbocycles. The van der Waals surface area contributed by atoms with E-state index < -0.39 is 0 Å². The lowest BCUT2D eigenvalue weighted by Crippen LogP contribution is -1.85. The number of oxazole rings is 1. The third kappa shape index (κ3) is 1.62. The molecule has 92 valence electrons. The number of aromatic nitrogens is 2. The summed E-state index contributed by atoms with van der Waals surface area (Å²) in [5.41, 5.74) is 4.31. The molecular formula is C13H10Cl2N2O. The van der Waals surface area contributed by atoms with Crippen molar-refractivity contribution in [2.45, 2.75) is 13.8 Å². The first-order valence-electron chi connectivity index (χ1n) is 5.47. The molecule has 0 aliphatic rings. The van der Waals surface area contributed by atoms with Gasteiger partial charge in [0.05, 0.1) is 22.0 Å². The third-order valence-electron chi connectivity index (χ3n) is 2.89. The lowest BCUT2D eigenvalue weighted by atomic mass is 10.1. The first-order valence-corrected chi connectivity index (χ1v) is 6.22. The molecule has 0 radical (unpaired) electrons. The Bertz CT molecular complexity index is 743. The maximum atomic E-state index is 6.24. The van der Waals surface area contributed by atoms with Crippen molar-refractivity contribution < 1.29 is 4.42 Å². The number of rotatable bonds is 1. The summed E-state index contributed by atoms with van der Waals surface area (Å²) in [5.74, 6) is 0. The lowest BCUT2D eigenvalue weighted by molar-refractivity contribution is 0.606. The van der Waals surface area contributed by atoms with E-state index in [0.29, 0.717) is 15.8 Å². The van der Waals surface area contributed by atoms with Gasteiger partial charge in [-0.3, -0.25) is 0 Å². The molecule has 0 bridgehead atoms. The van der Waals surface area contributed by atoms with Gasteiger partial charge in [-0.05, 0) is 26.0 Å². The molecule has 3 rings (SSSR count). The normalized spacial score (nSPS) is 11.3. The maximum Gasteiger partial charge on any atom is 0.229 e. The van der Waals surface area contributed by atoms with Crippen LogP contribution in [0.2, 0.25) is 10.0 Å². The monoisotopic (exact) mass is 280 g/mol. The Morgan fingerprint density at radius 2 is 2.00 bits per heavy atom. The average Bonchev–Trinajstić information content (AvgIpc) is 2.80. The predicted octanol–water partition coefficient (Wildman–Crippen LogP) is 4.52. The van der Waals surface area contributed by atoms with Crippen LogP contribution in [0, 0.1) is 13.8 Å². The van der Waals surface area contributed by atoms with E-state index in [4.69, 9.17) is 27.6 Å². The second-order valence-corrected chi connectivity index (χ2v) is 5.02. The molecule has 0 amide bonds. The van der Waals surface area contributed by atoms with E-state index in [1.165, 1.54) is 0 Å². The van der Waals surface area contributed by atoms with Crippen molar-refractivity contribution >= 4 is 28.9 Å². The van der Waals surface area contributed by atoms with Crippen molar-refractivity contribution in [1.29, 1.82) is 0 Å². The number of nitrogens with zero attached hydrogens (tertiary/aromatic N) is 2. The topological polar surface area (TPSA) is 30.4 Å². The molecule has 0 unspecified atom stereocenters. The molecule has 0 spiro atoms. The zero-order chi connectivity index (χ0) is 12.9. The Kier molecular flexibility index (Phi) is 2.61. The fraction of sp³-hybridized carbons (Fsp3) is 0.154. The van der Waals surface area contributed by atoms with Gasteiger partial charge in [-0.2, -0.15) is 5.10 Å². The number of aryl methyl sites for hydroxylation is 2. The second kappa shape index (κ2) is 4.04. The van der Waals surface area contributed by atoms with Gasteiger partial charge in [0.2, 0.25) is 5.71 Å². The fourth-order valence-corrected chi connectivity index (χ4v) is 2.55. The van der Waals surface area contributed by atoms with Crippen molar-refractivity contribution in [3.8, 4) is 11.1 Å². The Morgan fingerprint density at radius 1 is 1.22 bits per heavy atom. The van der Waals surface area contributed by atoms with E-state index in [2.05, 4.69) is 5.10 Å². The van der Waals surface area contributed by atoms with E-state index in [0.717, 1.165) is 22.5 Å². The molecule has 0 saturated carbocycles. The zero-order valence-electron chi connectivity index (χ0n) is 9.87. The molecule has 0 fully saturated rings. The molecule has 5 heteroatoms. The van der Waals surface area contributed by atoms with Crippen LogP contribution in [0.4, 0.5) is 0 Å². The van der Waals surface area contributed by atoms with Gasteiger partial charge in [-0.15, -0.1) is 0 Å². The highest BCUT2D eigenvalue weighted by Gasteiger charge is 2.18. The van der Waals surface area contributed by atoms with Crippen LogP contribution in [0.15, 0.2) is 28.9 Å². The molecule has 0 saturated heterocycles. The standard InChI is InChI=1S/C13H10Cl2N2O/c1-7-6-18-13-12(8(2)16-17(7)13)10-4-3-9(14)5-11(10)15/h3-6H,1-2H3. The van der Waals surface area contributed by atoms with Crippen molar-refractivity contribution in [3.63, 3.8) is 0 Å². The van der Waals surface area contributed by atoms with Crippen LogP contribution >= 0.6 is 23.2 Å². The van der Waals surface area contributed by atoms with Gasteiger partial charge in [-0.1, -0.05) is 29.3 Å². The van der Waals surface area contributed by atoms with E-state index in [-0.39, 0.29) is 0 Å². The average molecular weight is 281 g/mol. The third-order valence-corrected chi connectivity index (χ3v) is 3.44. The van der Waals surface area contributed by atoms with E-state index >= 15 is 0 Å². The Hall–Kier alpha value is -1.45. The summed E-state index contributed by atoms with van der Waals surface area (Å²) in [4.78, 5) is 0. The SMILES string of the molecule is Cc1nn2c(C)coc2c1-c1ccc(Cl)cc1Cl.